The number of halogens is 1. The predicted octanol–water partition coefficient (Wildman–Crippen LogP) is 3.64. The Labute approximate surface area is 141 Å². The maximum Gasteiger partial charge on any atom is 0.241 e. The lowest BCUT2D eigenvalue weighted by atomic mass is 10.1. The number of benzene rings is 2. The molecule has 0 radical (unpaired) electrons. The Morgan fingerprint density at radius 2 is 1.91 bits per heavy atom. The van der Waals surface area contributed by atoms with E-state index in [4.69, 9.17) is 22.1 Å². The van der Waals surface area contributed by atoms with Crippen LogP contribution in [0.3, 0.4) is 0 Å². The van der Waals surface area contributed by atoms with Gasteiger partial charge in [0.25, 0.3) is 0 Å². The van der Waals surface area contributed by atoms with E-state index in [2.05, 4.69) is 5.32 Å². The van der Waals surface area contributed by atoms with Crippen molar-refractivity contribution in [3.8, 4) is 5.75 Å². The first kappa shape index (κ1) is 17.3. The molecule has 0 bridgehead atoms. The molecule has 122 valence electrons. The number of nitrogens with two attached hydrogens (primary N) is 1. The molecule has 0 fully saturated rings. The topological polar surface area (TPSA) is 64.3 Å². The highest BCUT2D eigenvalue weighted by atomic mass is 35.5. The normalized spacial score (nSPS) is 12.0. The van der Waals surface area contributed by atoms with Crippen LogP contribution >= 0.6 is 11.6 Å². The van der Waals surface area contributed by atoms with Crippen LogP contribution in [0.4, 0.5) is 5.69 Å². The van der Waals surface area contributed by atoms with Gasteiger partial charge in [-0.1, -0.05) is 41.9 Å². The highest BCUT2D eigenvalue weighted by molar-refractivity contribution is 6.32. The molecule has 0 saturated carbocycles. The van der Waals surface area contributed by atoms with Crippen molar-refractivity contribution < 1.29 is 9.53 Å². The molecule has 0 aliphatic carbocycles. The largest absolute Gasteiger partial charge is 0.489 e. The molecule has 2 rings (SSSR count). The standard InChI is InChI=1S/C18H21ClN2O2/c1-12(2)23-17-9-8-14(11-15(17)19)21-18(22)16(20)10-13-6-4-3-5-7-13/h3-9,11-12,16H,10,20H2,1-2H3,(H,21,22). The van der Waals surface area contributed by atoms with Crippen LogP contribution in [-0.4, -0.2) is 18.1 Å². The number of hydrogen-bond donors (Lipinski definition) is 2. The maximum atomic E-state index is 12.2. The zero-order valence-corrected chi connectivity index (χ0v) is 14.0. The molecule has 1 atom stereocenters. The van der Waals surface area contributed by atoms with Crippen LogP contribution in [0.2, 0.25) is 5.02 Å². The SMILES string of the molecule is CC(C)Oc1ccc(NC(=O)C(N)Cc2ccccc2)cc1Cl. The summed E-state index contributed by atoms with van der Waals surface area (Å²) in [6.07, 6.45) is 0.516. The van der Waals surface area contributed by atoms with Gasteiger partial charge in [0.15, 0.2) is 0 Å². The number of amides is 1. The molecular weight excluding hydrogens is 312 g/mol. The smallest absolute Gasteiger partial charge is 0.241 e. The molecule has 0 spiro atoms. The minimum absolute atomic E-state index is 0.0345. The van der Waals surface area contributed by atoms with Crippen LogP contribution in [0.1, 0.15) is 19.4 Å². The molecule has 0 aliphatic heterocycles. The van der Waals surface area contributed by atoms with Crippen LogP contribution in [-0.2, 0) is 11.2 Å². The molecule has 2 aromatic rings. The summed E-state index contributed by atoms with van der Waals surface area (Å²) >= 11 is 6.16. The summed E-state index contributed by atoms with van der Waals surface area (Å²) in [6, 6.07) is 14.2. The zero-order chi connectivity index (χ0) is 16.8. The number of hydrogen-bond acceptors (Lipinski definition) is 3. The minimum atomic E-state index is -0.622. The van der Waals surface area contributed by atoms with Crippen LogP contribution in [0.5, 0.6) is 5.75 Å². The van der Waals surface area contributed by atoms with Gasteiger partial charge in [-0.25, -0.2) is 0 Å². The third-order valence-corrected chi connectivity index (χ3v) is 3.49. The molecule has 3 N–H and O–H groups in total. The summed E-state index contributed by atoms with van der Waals surface area (Å²) in [7, 11) is 0. The summed E-state index contributed by atoms with van der Waals surface area (Å²) in [5.41, 5.74) is 7.58. The maximum absolute atomic E-state index is 12.2. The van der Waals surface area contributed by atoms with Gasteiger partial charge in [-0.05, 0) is 44.0 Å². The van der Waals surface area contributed by atoms with Gasteiger partial charge in [0, 0.05) is 5.69 Å². The van der Waals surface area contributed by atoms with Crippen LogP contribution in [0, 0.1) is 0 Å². The fraction of sp³-hybridized carbons (Fsp3) is 0.278. The van der Waals surface area contributed by atoms with Crippen molar-refractivity contribution in [3.05, 3.63) is 59.1 Å². The summed E-state index contributed by atoms with van der Waals surface area (Å²) in [5, 5.41) is 3.23. The fourth-order valence-corrected chi connectivity index (χ4v) is 2.35. The number of carbonyl (C=O) groups excluding carboxylic acids is 1. The van der Waals surface area contributed by atoms with Gasteiger partial charge in [0.05, 0.1) is 17.2 Å². The Kier molecular flexibility index (Phi) is 6.02. The third-order valence-electron chi connectivity index (χ3n) is 3.20. The van der Waals surface area contributed by atoms with E-state index in [0.717, 1.165) is 5.56 Å². The van der Waals surface area contributed by atoms with Crippen molar-refractivity contribution in [1.82, 2.24) is 0 Å². The van der Waals surface area contributed by atoms with Crippen molar-refractivity contribution in [2.24, 2.45) is 5.73 Å². The first-order chi connectivity index (χ1) is 11.0. The van der Waals surface area contributed by atoms with Gasteiger partial charge in [-0.3, -0.25) is 4.79 Å². The summed E-state index contributed by atoms with van der Waals surface area (Å²) in [4.78, 5) is 12.2. The molecule has 0 saturated heterocycles. The minimum Gasteiger partial charge on any atom is -0.489 e. The Morgan fingerprint density at radius 3 is 2.52 bits per heavy atom. The van der Waals surface area contributed by atoms with E-state index in [1.165, 1.54) is 0 Å². The summed E-state index contributed by atoms with van der Waals surface area (Å²) in [5.74, 6) is 0.343. The molecule has 1 unspecified atom stereocenters. The number of rotatable bonds is 6. The Morgan fingerprint density at radius 1 is 1.22 bits per heavy atom. The highest BCUT2D eigenvalue weighted by Gasteiger charge is 2.15. The van der Waals surface area contributed by atoms with Crippen molar-refractivity contribution in [2.45, 2.75) is 32.4 Å². The van der Waals surface area contributed by atoms with Gasteiger partial charge in [-0.15, -0.1) is 0 Å². The van der Waals surface area contributed by atoms with Crippen molar-refractivity contribution in [1.29, 1.82) is 0 Å². The van der Waals surface area contributed by atoms with Crippen LogP contribution in [0.25, 0.3) is 0 Å². The molecule has 0 aromatic heterocycles. The van der Waals surface area contributed by atoms with Crippen molar-refractivity contribution >= 4 is 23.2 Å². The van der Waals surface area contributed by atoms with E-state index < -0.39 is 6.04 Å². The second-order valence-corrected chi connectivity index (χ2v) is 6.00. The third kappa shape index (κ3) is 5.27. The second-order valence-electron chi connectivity index (χ2n) is 5.60. The molecule has 0 aliphatic rings. The van der Waals surface area contributed by atoms with Gasteiger partial charge in [-0.2, -0.15) is 0 Å². The van der Waals surface area contributed by atoms with E-state index in [9.17, 15) is 4.79 Å². The van der Waals surface area contributed by atoms with E-state index in [1.54, 1.807) is 18.2 Å². The van der Waals surface area contributed by atoms with Crippen molar-refractivity contribution in [2.75, 3.05) is 5.32 Å². The van der Waals surface area contributed by atoms with Gasteiger partial charge in [0.1, 0.15) is 5.75 Å². The zero-order valence-electron chi connectivity index (χ0n) is 13.3. The lowest BCUT2D eigenvalue weighted by molar-refractivity contribution is -0.117. The Hall–Kier alpha value is -2.04. The Bertz CT molecular complexity index is 659. The number of carbonyl (C=O) groups is 1. The van der Waals surface area contributed by atoms with Crippen LogP contribution < -0.4 is 15.8 Å². The number of anilines is 1. The average Bonchev–Trinajstić information content (AvgIpc) is 2.50. The molecule has 23 heavy (non-hydrogen) atoms. The molecule has 4 nitrogen and oxygen atoms in total. The predicted molar refractivity (Wildman–Crippen MR) is 94.0 cm³/mol. The first-order valence-electron chi connectivity index (χ1n) is 7.52. The van der Waals surface area contributed by atoms with Crippen LogP contribution in [0.15, 0.2) is 48.5 Å². The lowest BCUT2D eigenvalue weighted by Gasteiger charge is -2.15. The van der Waals surface area contributed by atoms with E-state index in [1.807, 2.05) is 44.2 Å². The quantitative estimate of drug-likeness (QED) is 0.849. The van der Waals surface area contributed by atoms with E-state index in [0.29, 0.717) is 22.9 Å². The summed E-state index contributed by atoms with van der Waals surface area (Å²) < 4.78 is 5.56. The van der Waals surface area contributed by atoms with Gasteiger partial charge in [0.2, 0.25) is 5.91 Å². The number of ether oxygens (including phenoxy) is 1. The second kappa shape index (κ2) is 7.99. The summed E-state index contributed by atoms with van der Waals surface area (Å²) in [6.45, 7) is 3.85. The molecule has 5 heteroatoms. The monoisotopic (exact) mass is 332 g/mol. The molecular formula is C18H21ClN2O2. The van der Waals surface area contributed by atoms with Gasteiger partial charge >= 0.3 is 0 Å². The molecule has 0 heterocycles. The fourth-order valence-electron chi connectivity index (χ4n) is 2.12. The lowest BCUT2D eigenvalue weighted by Crippen LogP contribution is -2.37. The number of nitrogens with one attached hydrogen (secondary N) is 1. The first-order valence-corrected chi connectivity index (χ1v) is 7.90. The Balaban J connectivity index is 1.98. The van der Waals surface area contributed by atoms with Gasteiger partial charge < -0.3 is 15.8 Å². The highest BCUT2D eigenvalue weighted by Crippen LogP contribution is 2.28. The van der Waals surface area contributed by atoms with E-state index in [-0.39, 0.29) is 12.0 Å². The van der Waals surface area contributed by atoms with Crippen molar-refractivity contribution in [3.63, 3.8) is 0 Å². The van der Waals surface area contributed by atoms with E-state index >= 15 is 0 Å². The average molecular weight is 333 g/mol. The molecule has 2 aromatic carbocycles. The molecule has 1 amide bonds.